The standard InChI is InChI=1S/C24H26N4O2/c1-2-3-15-4-6-16(7-5-15)20-8-9-23(22(14-26)21(20)13-25)30-24(29)17-10-18(27)12-19(28)11-17/h8-12,15-16H,2-7,27-28H2,1H3. The molecule has 0 aliphatic heterocycles. The third kappa shape index (κ3) is 4.55. The lowest BCUT2D eigenvalue weighted by Gasteiger charge is -2.29. The second-order valence-electron chi connectivity index (χ2n) is 7.91. The van der Waals surface area contributed by atoms with Crippen LogP contribution in [-0.4, -0.2) is 5.97 Å². The first-order chi connectivity index (χ1) is 14.5. The van der Waals surface area contributed by atoms with E-state index in [9.17, 15) is 15.3 Å². The molecule has 2 aromatic carbocycles. The molecule has 0 atom stereocenters. The van der Waals surface area contributed by atoms with Gasteiger partial charge in [-0.25, -0.2) is 4.79 Å². The van der Waals surface area contributed by atoms with Gasteiger partial charge in [0.2, 0.25) is 0 Å². The van der Waals surface area contributed by atoms with Crippen molar-refractivity contribution in [2.45, 2.75) is 51.4 Å². The van der Waals surface area contributed by atoms with E-state index < -0.39 is 5.97 Å². The molecule has 154 valence electrons. The number of nitrogen functional groups attached to an aromatic ring is 2. The fourth-order valence-electron chi connectivity index (χ4n) is 4.38. The maximum absolute atomic E-state index is 12.5. The van der Waals surface area contributed by atoms with Crippen molar-refractivity contribution in [3.8, 4) is 17.9 Å². The summed E-state index contributed by atoms with van der Waals surface area (Å²) in [5, 5.41) is 19.5. The highest BCUT2D eigenvalue weighted by atomic mass is 16.5. The van der Waals surface area contributed by atoms with E-state index in [0.717, 1.165) is 37.2 Å². The van der Waals surface area contributed by atoms with Crippen molar-refractivity contribution in [3.63, 3.8) is 0 Å². The first-order valence-electron chi connectivity index (χ1n) is 10.3. The number of carbonyl (C=O) groups excluding carboxylic acids is 1. The molecular formula is C24H26N4O2. The quantitative estimate of drug-likeness (QED) is 0.417. The topological polar surface area (TPSA) is 126 Å². The molecule has 4 N–H and O–H groups in total. The van der Waals surface area contributed by atoms with Gasteiger partial charge in [0.1, 0.15) is 23.5 Å². The minimum absolute atomic E-state index is 0.0727. The van der Waals surface area contributed by atoms with Gasteiger partial charge in [0.05, 0.1) is 11.1 Å². The minimum Gasteiger partial charge on any atom is -0.421 e. The molecule has 6 heteroatoms. The number of anilines is 2. The van der Waals surface area contributed by atoms with E-state index in [1.54, 1.807) is 6.07 Å². The van der Waals surface area contributed by atoms with Gasteiger partial charge >= 0.3 is 5.97 Å². The molecule has 1 saturated carbocycles. The number of rotatable bonds is 5. The Morgan fingerprint density at radius 1 is 1.03 bits per heavy atom. The van der Waals surface area contributed by atoms with Crippen molar-refractivity contribution in [1.29, 1.82) is 10.5 Å². The number of ether oxygens (including phenoxy) is 1. The highest BCUT2D eigenvalue weighted by Crippen LogP contribution is 2.40. The Hall–Kier alpha value is -3.51. The summed E-state index contributed by atoms with van der Waals surface area (Å²) < 4.78 is 5.44. The number of nitrogens with two attached hydrogens (primary N) is 2. The summed E-state index contributed by atoms with van der Waals surface area (Å²) in [4.78, 5) is 12.5. The Morgan fingerprint density at radius 3 is 2.23 bits per heavy atom. The van der Waals surface area contributed by atoms with Crippen LogP contribution in [0.4, 0.5) is 11.4 Å². The monoisotopic (exact) mass is 402 g/mol. The van der Waals surface area contributed by atoms with Crippen LogP contribution in [0.3, 0.4) is 0 Å². The molecule has 0 heterocycles. The number of hydrogen-bond acceptors (Lipinski definition) is 6. The van der Waals surface area contributed by atoms with Crippen LogP contribution in [0, 0.1) is 28.6 Å². The van der Waals surface area contributed by atoms with Crippen LogP contribution >= 0.6 is 0 Å². The summed E-state index contributed by atoms with van der Waals surface area (Å²) >= 11 is 0. The van der Waals surface area contributed by atoms with Crippen LogP contribution in [0.15, 0.2) is 30.3 Å². The van der Waals surface area contributed by atoms with E-state index >= 15 is 0 Å². The van der Waals surface area contributed by atoms with E-state index in [2.05, 4.69) is 19.1 Å². The lowest BCUT2D eigenvalue weighted by atomic mass is 9.76. The van der Waals surface area contributed by atoms with Gasteiger partial charge in [0.15, 0.2) is 0 Å². The van der Waals surface area contributed by atoms with Crippen molar-refractivity contribution in [3.05, 3.63) is 52.6 Å². The second kappa shape index (κ2) is 9.33. The zero-order valence-corrected chi connectivity index (χ0v) is 17.1. The van der Waals surface area contributed by atoms with Crippen LogP contribution in [0.5, 0.6) is 5.75 Å². The van der Waals surface area contributed by atoms with Crippen molar-refractivity contribution in [2.24, 2.45) is 5.92 Å². The van der Waals surface area contributed by atoms with Gasteiger partial charge in [0, 0.05) is 11.4 Å². The number of esters is 1. The maximum atomic E-state index is 12.5. The van der Waals surface area contributed by atoms with Gasteiger partial charge < -0.3 is 16.2 Å². The molecule has 0 amide bonds. The summed E-state index contributed by atoms with van der Waals surface area (Å²) in [6, 6.07) is 12.1. The van der Waals surface area contributed by atoms with Crippen molar-refractivity contribution in [2.75, 3.05) is 11.5 Å². The average molecular weight is 402 g/mol. The highest BCUT2D eigenvalue weighted by molar-refractivity contribution is 5.93. The molecule has 2 aromatic rings. The lowest BCUT2D eigenvalue weighted by molar-refractivity contribution is 0.0734. The van der Waals surface area contributed by atoms with Crippen molar-refractivity contribution >= 4 is 17.3 Å². The molecule has 6 nitrogen and oxygen atoms in total. The van der Waals surface area contributed by atoms with Gasteiger partial charge in [-0.1, -0.05) is 25.8 Å². The zero-order valence-electron chi connectivity index (χ0n) is 17.1. The summed E-state index contributed by atoms with van der Waals surface area (Å²) in [6.45, 7) is 2.21. The molecule has 3 rings (SSSR count). The molecule has 1 fully saturated rings. The van der Waals surface area contributed by atoms with Crippen LogP contribution < -0.4 is 16.2 Å². The Bertz CT molecular complexity index is 1000. The number of benzene rings is 2. The first-order valence-corrected chi connectivity index (χ1v) is 10.3. The van der Waals surface area contributed by atoms with Gasteiger partial charge in [-0.15, -0.1) is 0 Å². The Balaban J connectivity index is 1.86. The zero-order chi connectivity index (χ0) is 21.7. The molecule has 0 saturated heterocycles. The van der Waals surface area contributed by atoms with Crippen LogP contribution in [-0.2, 0) is 0 Å². The third-order valence-electron chi connectivity index (χ3n) is 5.82. The summed E-state index contributed by atoms with van der Waals surface area (Å²) in [7, 11) is 0. The number of carbonyl (C=O) groups is 1. The summed E-state index contributed by atoms with van der Waals surface area (Å²) in [5.41, 5.74) is 13.6. The van der Waals surface area contributed by atoms with E-state index in [0.29, 0.717) is 16.9 Å². The molecule has 0 spiro atoms. The number of nitrogens with zero attached hydrogens (tertiary/aromatic N) is 2. The average Bonchev–Trinajstić information content (AvgIpc) is 2.73. The molecular weight excluding hydrogens is 376 g/mol. The van der Waals surface area contributed by atoms with E-state index in [-0.39, 0.29) is 22.8 Å². The predicted octanol–water partition coefficient (Wildman–Crippen LogP) is 4.89. The fraction of sp³-hybridized carbons (Fsp3) is 0.375. The van der Waals surface area contributed by atoms with Crippen molar-refractivity contribution < 1.29 is 9.53 Å². The van der Waals surface area contributed by atoms with Crippen LogP contribution in [0.2, 0.25) is 0 Å². The molecule has 0 unspecified atom stereocenters. The van der Waals surface area contributed by atoms with Crippen LogP contribution in [0.1, 0.15) is 78.4 Å². The second-order valence-corrected chi connectivity index (χ2v) is 7.91. The molecule has 0 bridgehead atoms. The molecule has 30 heavy (non-hydrogen) atoms. The normalized spacial score (nSPS) is 18.2. The third-order valence-corrected chi connectivity index (χ3v) is 5.82. The lowest BCUT2D eigenvalue weighted by Crippen LogP contribution is -2.15. The number of nitriles is 2. The molecule has 0 radical (unpaired) electrons. The molecule has 1 aliphatic rings. The SMILES string of the molecule is CCCC1CCC(c2ccc(OC(=O)c3cc(N)cc(N)c3)c(C#N)c2C#N)CC1. The van der Waals surface area contributed by atoms with Crippen molar-refractivity contribution in [1.82, 2.24) is 0 Å². The molecule has 0 aromatic heterocycles. The number of hydrogen-bond donors (Lipinski definition) is 2. The van der Waals surface area contributed by atoms with Crippen LogP contribution in [0.25, 0.3) is 0 Å². The van der Waals surface area contributed by atoms with E-state index in [4.69, 9.17) is 16.2 Å². The highest BCUT2D eigenvalue weighted by Gasteiger charge is 2.26. The minimum atomic E-state index is -0.679. The van der Waals surface area contributed by atoms with E-state index in [1.165, 1.54) is 31.0 Å². The largest absolute Gasteiger partial charge is 0.421 e. The van der Waals surface area contributed by atoms with Gasteiger partial charge in [-0.05, 0) is 67.3 Å². The predicted molar refractivity (Wildman–Crippen MR) is 116 cm³/mol. The molecule has 1 aliphatic carbocycles. The summed E-state index contributed by atoms with van der Waals surface area (Å²) in [5.74, 6) is 0.391. The fourth-order valence-corrected chi connectivity index (χ4v) is 4.38. The summed E-state index contributed by atoms with van der Waals surface area (Å²) in [6.07, 6.45) is 6.72. The van der Waals surface area contributed by atoms with Gasteiger partial charge in [-0.3, -0.25) is 0 Å². The van der Waals surface area contributed by atoms with Gasteiger partial charge in [-0.2, -0.15) is 10.5 Å². The maximum Gasteiger partial charge on any atom is 0.343 e. The van der Waals surface area contributed by atoms with E-state index in [1.807, 2.05) is 6.07 Å². The Kier molecular flexibility index (Phi) is 6.59. The smallest absolute Gasteiger partial charge is 0.343 e. The first kappa shape index (κ1) is 21.2. The Labute approximate surface area is 177 Å². The Morgan fingerprint density at radius 2 is 1.67 bits per heavy atom. The van der Waals surface area contributed by atoms with Gasteiger partial charge in [0.25, 0.3) is 0 Å².